The molecule has 0 aromatic heterocycles. The zero-order valence-corrected chi connectivity index (χ0v) is 45.4. The van der Waals surface area contributed by atoms with Gasteiger partial charge in [-0.2, -0.15) is 0 Å². The zero-order valence-electron chi connectivity index (χ0n) is 45.4. The zero-order chi connectivity index (χ0) is 62.0. The fourth-order valence-electron chi connectivity index (χ4n) is 9.90. The number of nitrogens with one attached hydrogen (secondary N) is 6. The molecule has 0 heterocycles. The minimum Gasteiger partial charge on any atom is -0.478 e. The SMILES string of the molecule is CCNC(=O)c1cc(C(=O)Nc2ccc(C)cc2)c(C(=O)O)cc1C(=O)O.CNC(=O)c1cc(C(=O)Nc2ccc(Oc3ccc(NC(=O)c4cc(C(=O)NCC5CC6CCC5C6)c(C(=O)O)cc4C(=O)O)cc3)cc2)c(C(=O)O)cc1C(=O)O. The van der Waals surface area contributed by atoms with Crippen molar-refractivity contribution in [3.8, 4) is 11.5 Å². The number of aromatic carboxylic acids is 6. The molecule has 85 heavy (non-hydrogen) atoms. The third kappa shape index (κ3) is 14.6. The van der Waals surface area contributed by atoms with Crippen LogP contribution in [-0.2, 0) is 0 Å². The maximum atomic E-state index is 13.4. The molecule has 0 aliphatic heterocycles. The second-order valence-corrected chi connectivity index (χ2v) is 19.6. The number of carboxylic acids is 6. The van der Waals surface area contributed by atoms with E-state index in [0.717, 1.165) is 61.2 Å². The molecule has 0 saturated heterocycles. The van der Waals surface area contributed by atoms with Crippen molar-refractivity contribution in [1.82, 2.24) is 16.0 Å². The van der Waals surface area contributed by atoms with Gasteiger partial charge in [0.15, 0.2) is 0 Å². The number of fused-ring (bicyclic) bond motifs is 2. The summed E-state index contributed by atoms with van der Waals surface area (Å²) in [6.45, 7) is 4.11. The average Bonchev–Trinajstić information content (AvgIpc) is 4.24. The largest absolute Gasteiger partial charge is 0.478 e. The Kier molecular flexibility index (Phi) is 19.2. The van der Waals surface area contributed by atoms with Crippen molar-refractivity contribution in [3.63, 3.8) is 0 Å². The van der Waals surface area contributed by atoms with Gasteiger partial charge in [-0.1, -0.05) is 24.1 Å². The third-order valence-electron chi connectivity index (χ3n) is 14.1. The fraction of sp³-hybridized carbons (Fsp3) is 0.200. The van der Waals surface area contributed by atoms with Gasteiger partial charge >= 0.3 is 35.8 Å². The van der Waals surface area contributed by atoms with Crippen LogP contribution < -0.4 is 36.6 Å². The van der Waals surface area contributed by atoms with Crippen LogP contribution in [0.4, 0.5) is 17.1 Å². The summed E-state index contributed by atoms with van der Waals surface area (Å²) in [5, 5.41) is 72.6. The number of aryl methyl sites for hydroxylation is 1. The first-order chi connectivity index (χ1) is 40.4. The number of anilines is 3. The summed E-state index contributed by atoms with van der Waals surface area (Å²) < 4.78 is 5.83. The van der Waals surface area contributed by atoms with Crippen LogP contribution in [0.15, 0.2) is 109 Å². The summed E-state index contributed by atoms with van der Waals surface area (Å²) in [4.78, 5) is 147. The first kappa shape index (κ1) is 61.4. The lowest BCUT2D eigenvalue weighted by Gasteiger charge is -2.22. The second-order valence-electron chi connectivity index (χ2n) is 19.6. The first-order valence-electron chi connectivity index (χ1n) is 26.0. The van der Waals surface area contributed by atoms with Crippen molar-refractivity contribution >= 4 is 88.3 Å². The Hall–Kier alpha value is -11.2. The van der Waals surface area contributed by atoms with Crippen LogP contribution in [-0.4, -0.2) is 122 Å². The smallest absolute Gasteiger partial charge is 0.336 e. The van der Waals surface area contributed by atoms with E-state index in [9.17, 15) is 88.2 Å². The summed E-state index contributed by atoms with van der Waals surface area (Å²) in [6, 6.07) is 23.8. The lowest BCUT2D eigenvalue weighted by atomic mass is 9.88. The van der Waals surface area contributed by atoms with E-state index >= 15 is 0 Å². The Morgan fingerprint density at radius 2 is 0.729 bits per heavy atom. The first-order valence-corrected chi connectivity index (χ1v) is 26.0. The molecule has 6 aromatic carbocycles. The predicted octanol–water partition coefficient (Wildman–Crippen LogP) is 7.70. The highest BCUT2D eigenvalue weighted by Crippen LogP contribution is 2.48. The van der Waals surface area contributed by atoms with E-state index in [1.807, 2.05) is 6.92 Å². The van der Waals surface area contributed by atoms with E-state index in [-0.39, 0.29) is 40.5 Å². The number of ether oxygens (including phenoxy) is 1. The normalized spacial score (nSPS) is 14.5. The third-order valence-corrected chi connectivity index (χ3v) is 14.1. The van der Waals surface area contributed by atoms with Gasteiger partial charge in [0.25, 0.3) is 35.4 Å². The van der Waals surface area contributed by atoms with Gasteiger partial charge in [0.1, 0.15) is 11.5 Å². The van der Waals surface area contributed by atoms with Gasteiger partial charge in [-0.05, 0) is 148 Å². The maximum Gasteiger partial charge on any atom is 0.336 e. The standard InChI is InChI=1S/C41H36N4O13.C19H18N2O6/c1-42-34(46)26-14-28(32(40(54)55)16-30(26)38(50)51)36(48)44-22-4-8-24(9-5-22)58-25-10-6-23(7-11-25)45-37(49)29-15-27(31(39(52)53)17-33(29)41(56)57)35(47)43-18-21-13-19-2-3-20(21)12-19;1-3-20-16(22)12-8-13(15(19(26)27)9-14(12)18(24)25)17(23)21-11-6-4-10(2)5-7-11/h4-11,14-17,19-21H,2-3,12-13,18H2,1H3,(H,42,46)(H,43,47)(H,44,48)(H,45,49)(H,50,51)(H,52,53)(H,54,55)(H,56,57);4-9H,3H2,1-2H3,(H,20,22)(H,21,23)(H,24,25)(H,26,27). The molecule has 6 aromatic rings. The Balaban J connectivity index is 0.000000320. The lowest BCUT2D eigenvalue weighted by molar-refractivity contribution is 0.0672. The van der Waals surface area contributed by atoms with Gasteiger partial charge in [-0.15, -0.1) is 0 Å². The van der Waals surface area contributed by atoms with Crippen molar-refractivity contribution < 1.29 is 92.9 Å². The van der Waals surface area contributed by atoms with Crippen LogP contribution in [0.2, 0.25) is 0 Å². The predicted molar refractivity (Wildman–Crippen MR) is 302 cm³/mol. The Morgan fingerprint density at radius 1 is 0.412 bits per heavy atom. The van der Waals surface area contributed by atoms with Crippen molar-refractivity contribution in [1.29, 1.82) is 0 Å². The van der Waals surface area contributed by atoms with Gasteiger partial charge in [-0.25, -0.2) is 28.8 Å². The number of rotatable bonds is 20. The fourth-order valence-corrected chi connectivity index (χ4v) is 9.90. The maximum absolute atomic E-state index is 13.4. The molecular weight excluding hydrogens is 1110 g/mol. The minimum atomic E-state index is -1.58. The van der Waals surface area contributed by atoms with Crippen LogP contribution in [0.25, 0.3) is 0 Å². The van der Waals surface area contributed by atoms with Crippen LogP contribution in [0.5, 0.6) is 11.5 Å². The second kappa shape index (κ2) is 26.6. The van der Waals surface area contributed by atoms with Gasteiger partial charge in [0, 0.05) is 37.2 Å². The minimum absolute atomic E-state index is 0.203. The summed E-state index contributed by atoms with van der Waals surface area (Å²) in [5.74, 6) is -12.0. The van der Waals surface area contributed by atoms with E-state index < -0.39 is 121 Å². The molecule has 0 spiro atoms. The molecule has 8 rings (SSSR count). The molecule has 12 N–H and O–H groups in total. The molecule has 6 amide bonds. The van der Waals surface area contributed by atoms with Crippen molar-refractivity contribution in [2.24, 2.45) is 17.8 Å². The molecule has 2 aliphatic carbocycles. The molecule has 25 heteroatoms. The molecular formula is C60H54N6O19. The summed E-state index contributed by atoms with van der Waals surface area (Å²) in [7, 11) is 1.25. The van der Waals surface area contributed by atoms with E-state index in [2.05, 4.69) is 31.9 Å². The number of carboxylic acid groups (broad SMARTS) is 6. The van der Waals surface area contributed by atoms with E-state index in [1.54, 1.807) is 31.2 Å². The number of hydrogen-bond acceptors (Lipinski definition) is 13. The van der Waals surface area contributed by atoms with Crippen molar-refractivity contribution in [2.75, 3.05) is 36.1 Å². The van der Waals surface area contributed by atoms with Gasteiger partial charge in [-0.3, -0.25) is 28.8 Å². The Bertz CT molecular complexity index is 3730. The van der Waals surface area contributed by atoms with Crippen LogP contribution in [0, 0.1) is 24.7 Å². The van der Waals surface area contributed by atoms with Crippen LogP contribution >= 0.6 is 0 Å². The lowest BCUT2D eigenvalue weighted by Crippen LogP contribution is -2.33. The highest BCUT2D eigenvalue weighted by molar-refractivity contribution is 6.17. The molecule has 2 bridgehead atoms. The highest BCUT2D eigenvalue weighted by atomic mass is 16.5. The molecule has 3 atom stereocenters. The summed E-state index contributed by atoms with van der Waals surface area (Å²) in [5.41, 5.74) is -3.77. The van der Waals surface area contributed by atoms with Crippen LogP contribution in [0.1, 0.15) is 162 Å². The van der Waals surface area contributed by atoms with Crippen LogP contribution in [0.3, 0.4) is 0 Å². The number of amides is 6. The molecule has 2 fully saturated rings. The number of hydrogen-bond donors (Lipinski definition) is 12. The van der Waals surface area contributed by atoms with Gasteiger partial charge in [0.05, 0.1) is 66.8 Å². The average molecular weight is 1160 g/mol. The molecule has 3 unspecified atom stereocenters. The van der Waals surface area contributed by atoms with Gasteiger partial charge in [0.2, 0.25) is 0 Å². The van der Waals surface area contributed by atoms with E-state index in [0.29, 0.717) is 35.6 Å². The summed E-state index contributed by atoms with van der Waals surface area (Å²) in [6.07, 6.45) is 4.35. The van der Waals surface area contributed by atoms with Crippen molar-refractivity contribution in [2.45, 2.75) is 39.5 Å². The molecule has 438 valence electrons. The quantitative estimate of drug-likeness (QED) is 0.0348. The topological polar surface area (TPSA) is 408 Å². The monoisotopic (exact) mass is 1160 g/mol. The van der Waals surface area contributed by atoms with Gasteiger partial charge < -0.3 is 67.3 Å². The van der Waals surface area contributed by atoms with E-state index in [1.165, 1.54) is 62.0 Å². The molecule has 2 aliphatic rings. The Labute approximate surface area is 482 Å². The summed E-state index contributed by atoms with van der Waals surface area (Å²) >= 11 is 0. The number of carbonyl (C=O) groups excluding carboxylic acids is 6. The molecule has 25 nitrogen and oxygen atoms in total. The molecule has 2 saturated carbocycles. The number of carbonyl (C=O) groups is 12. The Morgan fingerprint density at radius 3 is 1.04 bits per heavy atom. The number of benzene rings is 6. The molecule has 0 radical (unpaired) electrons. The van der Waals surface area contributed by atoms with E-state index in [4.69, 9.17) is 4.74 Å². The van der Waals surface area contributed by atoms with Crippen molar-refractivity contribution in [3.05, 3.63) is 182 Å². The highest BCUT2D eigenvalue weighted by Gasteiger charge is 2.39.